The Kier molecular flexibility index (Phi) is 2.54. The summed E-state index contributed by atoms with van der Waals surface area (Å²) in [6, 6.07) is 0.557. The lowest BCUT2D eigenvalue weighted by molar-refractivity contribution is -0.141. The van der Waals surface area contributed by atoms with Crippen molar-refractivity contribution in [1.82, 2.24) is 9.97 Å². The monoisotopic (exact) mass is 207 g/mol. The smallest absolute Gasteiger partial charge is 0.411 e. The number of rotatable bonds is 1. The first kappa shape index (κ1) is 10.2. The van der Waals surface area contributed by atoms with Gasteiger partial charge in [0.15, 0.2) is 0 Å². The molecular formula is C6H4F3N3O2. The summed E-state index contributed by atoms with van der Waals surface area (Å²) in [7, 11) is 0. The predicted octanol–water partition coefficient (Wildman–Crippen LogP) is 0.597. The molecule has 0 fully saturated rings. The number of hydrogen-bond donors (Lipinski definition) is 2. The van der Waals surface area contributed by atoms with Crippen LogP contribution in [0, 0.1) is 0 Å². The van der Waals surface area contributed by atoms with Crippen molar-refractivity contribution in [2.24, 2.45) is 5.16 Å². The van der Waals surface area contributed by atoms with E-state index in [0.29, 0.717) is 12.3 Å². The summed E-state index contributed by atoms with van der Waals surface area (Å²) < 4.78 is 36.2. The second kappa shape index (κ2) is 3.48. The Bertz CT molecular complexity index is 410. The van der Waals surface area contributed by atoms with Crippen LogP contribution in [-0.4, -0.2) is 21.4 Å². The van der Waals surface area contributed by atoms with Crippen molar-refractivity contribution in [1.29, 1.82) is 0 Å². The molecule has 5 nitrogen and oxygen atoms in total. The number of H-pyrrole nitrogens is 1. The Hall–Kier alpha value is -1.86. The Balaban J connectivity index is 3.28. The van der Waals surface area contributed by atoms with Crippen LogP contribution in [0.3, 0.4) is 0 Å². The quantitative estimate of drug-likeness (QED) is 0.402. The maximum absolute atomic E-state index is 12.1. The van der Waals surface area contributed by atoms with Gasteiger partial charge in [0.1, 0.15) is 5.69 Å². The zero-order chi connectivity index (χ0) is 10.8. The van der Waals surface area contributed by atoms with Crippen molar-refractivity contribution in [2.75, 3.05) is 0 Å². The lowest BCUT2D eigenvalue weighted by Crippen LogP contribution is -2.20. The van der Waals surface area contributed by atoms with Gasteiger partial charge in [0.25, 0.3) is 0 Å². The molecule has 0 bridgehead atoms. The minimum atomic E-state index is -4.67. The molecule has 0 saturated heterocycles. The molecule has 0 unspecified atom stereocenters. The van der Waals surface area contributed by atoms with Crippen LogP contribution in [0.5, 0.6) is 0 Å². The van der Waals surface area contributed by atoms with E-state index in [1.54, 1.807) is 0 Å². The summed E-state index contributed by atoms with van der Waals surface area (Å²) in [5.41, 5.74) is -2.77. The molecule has 0 aromatic carbocycles. The van der Waals surface area contributed by atoms with Crippen LogP contribution >= 0.6 is 0 Å². The summed E-state index contributed by atoms with van der Waals surface area (Å²) in [6.45, 7) is 0. The van der Waals surface area contributed by atoms with E-state index >= 15 is 0 Å². The van der Waals surface area contributed by atoms with Crippen molar-refractivity contribution in [2.45, 2.75) is 6.18 Å². The van der Waals surface area contributed by atoms with Crippen LogP contribution in [0.2, 0.25) is 0 Å². The van der Waals surface area contributed by atoms with Gasteiger partial charge in [0.2, 0.25) is 0 Å². The van der Waals surface area contributed by atoms with Gasteiger partial charge in [-0.15, -0.1) is 0 Å². The zero-order valence-corrected chi connectivity index (χ0v) is 6.54. The van der Waals surface area contributed by atoms with Crippen LogP contribution in [0.1, 0.15) is 11.4 Å². The first-order valence-corrected chi connectivity index (χ1v) is 3.29. The first-order chi connectivity index (χ1) is 6.43. The van der Waals surface area contributed by atoms with E-state index in [9.17, 15) is 18.0 Å². The van der Waals surface area contributed by atoms with Crippen molar-refractivity contribution < 1.29 is 18.4 Å². The van der Waals surface area contributed by atoms with Gasteiger partial charge in [-0.3, -0.25) is 0 Å². The maximum atomic E-state index is 12.1. The van der Waals surface area contributed by atoms with Crippen LogP contribution in [0.15, 0.2) is 16.0 Å². The number of halogens is 3. The molecule has 0 spiro atoms. The fourth-order valence-electron chi connectivity index (χ4n) is 0.755. The van der Waals surface area contributed by atoms with Crippen molar-refractivity contribution in [3.05, 3.63) is 27.9 Å². The molecule has 0 aliphatic heterocycles. The van der Waals surface area contributed by atoms with E-state index in [-0.39, 0.29) is 5.69 Å². The summed E-state index contributed by atoms with van der Waals surface area (Å²) in [6.07, 6.45) is -4.04. The Morgan fingerprint density at radius 2 is 2.21 bits per heavy atom. The summed E-state index contributed by atoms with van der Waals surface area (Å²) in [5.74, 6) is 0. The highest BCUT2D eigenvalue weighted by molar-refractivity contribution is 5.76. The van der Waals surface area contributed by atoms with Gasteiger partial charge in [-0.2, -0.15) is 18.2 Å². The van der Waals surface area contributed by atoms with Gasteiger partial charge in [0, 0.05) is 0 Å². The molecule has 1 rings (SSSR count). The highest BCUT2D eigenvalue weighted by Gasteiger charge is 2.32. The van der Waals surface area contributed by atoms with E-state index < -0.39 is 17.6 Å². The average molecular weight is 207 g/mol. The topological polar surface area (TPSA) is 78.3 Å². The Morgan fingerprint density at radius 3 is 2.71 bits per heavy atom. The second-order valence-electron chi connectivity index (χ2n) is 2.27. The summed E-state index contributed by atoms with van der Waals surface area (Å²) in [5, 5.41) is 10.5. The zero-order valence-electron chi connectivity index (χ0n) is 6.54. The molecule has 14 heavy (non-hydrogen) atoms. The summed E-state index contributed by atoms with van der Waals surface area (Å²) >= 11 is 0. The standard InChI is InChI=1S/C6H4F3N3O2/c7-6(8,9)4-1-3(2-10-14)11-5(13)12-4/h1-2,14H,(H,11,12,13). The van der Waals surface area contributed by atoms with Crippen molar-refractivity contribution in [3.63, 3.8) is 0 Å². The third-order valence-corrected chi connectivity index (χ3v) is 1.26. The van der Waals surface area contributed by atoms with Crippen molar-refractivity contribution >= 4 is 6.21 Å². The van der Waals surface area contributed by atoms with Gasteiger partial charge >= 0.3 is 11.9 Å². The molecular weight excluding hydrogens is 203 g/mol. The van der Waals surface area contributed by atoms with Gasteiger partial charge in [-0.1, -0.05) is 5.16 Å². The fraction of sp³-hybridized carbons (Fsp3) is 0.167. The highest BCUT2D eigenvalue weighted by Crippen LogP contribution is 2.26. The number of hydrogen-bond acceptors (Lipinski definition) is 4. The molecule has 0 saturated carbocycles. The molecule has 1 aromatic rings. The average Bonchev–Trinajstić information content (AvgIpc) is 2.02. The molecule has 0 radical (unpaired) electrons. The second-order valence-corrected chi connectivity index (χ2v) is 2.27. The normalized spacial score (nSPS) is 12.2. The van der Waals surface area contributed by atoms with E-state index in [1.807, 2.05) is 0 Å². The van der Waals surface area contributed by atoms with E-state index in [1.165, 1.54) is 4.98 Å². The number of oxime groups is 1. The number of nitrogens with zero attached hydrogens (tertiary/aromatic N) is 2. The van der Waals surface area contributed by atoms with Gasteiger partial charge < -0.3 is 10.2 Å². The number of aromatic amines is 1. The van der Waals surface area contributed by atoms with E-state index in [2.05, 4.69) is 10.1 Å². The molecule has 8 heteroatoms. The SMILES string of the molecule is O=c1nc(C=NO)cc(C(F)(F)F)[nH]1. The maximum Gasteiger partial charge on any atom is 0.431 e. The molecule has 76 valence electrons. The Morgan fingerprint density at radius 1 is 1.57 bits per heavy atom. The number of alkyl halides is 3. The lowest BCUT2D eigenvalue weighted by atomic mass is 10.3. The minimum absolute atomic E-state index is 0.372. The number of nitrogens with one attached hydrogen (secondary N) is 1. The van der Waals surface area contributed by atoms with Crippen LogP contribution < -0.4 is 5.69 Å². The van der Waals surface area contributed by atoms with Crippen molar-refractivity contribution in [3.8, 4) is 0 Å². The predicted molar refractivity (Wildman–Crippen MR) is 39.2 cm³/mol. The largest absolute Gasteiger partial charge is 0.431 e. The van der Waals surface area contributed by atoms with Crippen LogP contribution in [0.25, 0.3) is 0 Å². The molecule has 1 heterocycles. The molecule has 0 aliphatic carbocycles. The molecule has 1 aromatic heterocycles. The van der Waals surface area contributed by atoms with Gasteiger partial charge in [0.05, 0.1) is 11.9 Å². The highest BCUT2D eigenvalue weighted by atomic mass is 19.4. The molecule has 0 aliphatic rings. The first-order valence-electron chi connectivity index (χ1n) is 3.29. The lowest BCUT2D eigenvalue weighted by Gasteiger charge is -2.05. The Labute approximate surface area is 74.9 Å². The number of aromatic nitrogens is 2. The van der Waals surface area contributed by atoms with E-state index in [0.717, 1.165) is 0 Å². The molecule has 0 amide bonds. The third kappa shape index (κ3) is 2.31. The van der Waals surface area contributed by atoms with E-state index in [4.69, 9.17) is 5.21 Å². The van der Waals surface area contributed by atoms with Crippen LogP contribution in [0.4, 0.5) is 13.2 Å². The third-order valence-electron chi connectivity index (χ3n) is 1.26. The fourth-order valence-corrected chi connectivity index (χ4v) is 0.755. The molecule has 0 atom stereocenters. The van der Waals surface area contributed by atoms with Gasteiger partial charge in [-0.05, 0) is 6.07 Å². The summed E-state index contributed by atoms with van der Waals surface area (Å²) in [4.78, 5) is 15.3. The van der Waals surface area contributed by atoms with Crippen LogP contribution in [-0.2, 0) is 6.18 Å². The van der Waals surface area contributed by atoms with Gasteiger partial charge in [-0.25, -0.2) is 4.79 Å². The minimum Gasteiger partial charge on any atom is -0.411 e. The molecule has 2 N–H and O–H groups in total.